The van der Waals surface area contributed by atoms with Crippen molar-refractivity contribution in [2.24, 2.45) is 11.8 Å². The zero-order valence-electron chi connectivity index (χ0n) is 32.9. The molecule has 10 atom stereocenters. The third kappa shape index (κ3) is 11.8. The van der Waals surface area contributed by atoms with Gasteiger partial charge in [-0.05, 0) is 84.7 Å². The number of hydrogen-bond donors (Lipinski definition) is 3. The Bertz CT molecular complexity index is 1260. The van der Waals surface area contributed by atoms with E-state index in [1.165, 1.54) is 0 Å². The number of epoxide rings is 1. The number of esters is 1. The third-order valence-electron chi connectivity index (χ3n) is 11.8. The van der Waals surface area contributed by atoms with Gasteiger partial charge in [-0.3, -0.25) is 9.69 Å². The third-order valence-corrected chi connectivity index (χ3v) is 11.8. The van der Waals surface area contributed by atoms with Crippen LogP contribution in [-0.2, 0) is 23.7 Å². The fourth-order valence-corrected chi connectivity index (χ4v) is 7.82. The van der Waals surface area contributed by atoms with Crippen molar-refractivity contribution in [1.82, 2.24) is 14.7 Å². The number of ether oxygens (including phenoxy) is 4. The van der Waals surface area contributed by atoms with Gasteiger partial charge in [0.25, 0.3) is 0 Å². The number of piperazine rings is 1. The topological polar surface area (TPSA) is 145 Å². The van der Waals surface area contributed by atoms with Crippen molar-refractivity contribution in [3.63, 3.8) is 0 Å². The van der Waals surface area contributed by atoms with Crippen LogP contribution in [0.3, 0.4) is 0 Å². The zero-order chi connectivity index (χ0) is 38.2. The van der Waals surface area contributed by atoms with E-state index in [9.17, 15) is 24.9 Å². The Morgan fingerprint density at radius 3 is 2.46 bits per heavy atom. The van der Waals surface area contributed by atoms with Gasteiger partial charge in [-0.1, -0.05) is 45.1 Å². The predicted molar refractivity (Wildman–Crippen MR) is 200 cm³/mol. The molecule has 0 bridgehead atoms. The summed E-state index contributed by atoms with van der Waals surface area (Å²) in [6, 6.07) is 0.552. The summed E-state index contributed by atoms with van der Waals surface area (Å²) in [6.07, 6.45) is 9.35. The van der Waals surface area contributed by atoms with E-state index in [-0.39, 0.29) is 36.9 Å². The number of hydrogen-bond acceptors (Lipinski definition) is 11. The molecule has 4 heterocycles. The van der Waals surface area contributed by atoms with E-state index in [0.717, 1.165) is 44.6 Å². The summed E-state index contributed by atoms with van der Waals surface area (Å²) >= 11 is 0. The summed E-state index contributed by atoms with van der Waals surface area (Å²) in [7, 11) is 3.74. The fourth-order valence-electron chi connectivity index (χ4n) is 7.82. The molecule has 0 radical (unpaired) electrons. The minimum Gasteiger partial charge on any atom is -0.457 e. The first-order valence-corrected chi connectivity index (χ1v) is 19.5. The molecule has 0 aromatic carbocycles. The highest BCUT2D eigenvalue weighted by Crippen LogP contribution is 2.38. The number of aliphatic hydroxyl groups is 3. The van der Waals surface area contributed by atoms with Crippen molar-refractivity contribution in [2.75, 3.05) is 53.4 Å². The molecule has 0 saturated carbocycles. The van der Waals surface area contributed by atoms with Crippen LogP contribution in [0.25, 0.3) is 0 Å². The summed E-state index contributed by atoms with van der Waals surface area (Å²) in [5, 5.41) is 32.1. The Hall–Kier alpha value is -2.32. The van der Waals surface area contributed by atoms with Crippen LogP contribution in [0.2, 0.25) is 0 Å². The van der Waals surface area contributed by atoms with Gasteiger partial charge in [0.05, 0.1) is 36.4 Å². The first-order chi connectivity index (χ1) is 24.6. The predicted octanol–water partition coefficient (Wildman–Crippen LogP) is 4.08. The highest BCUT2D eigenvalue weighted by Gasteiger charge is 2.47. The van der Waals surface area contributed by atoms with E-state index in [2.05, 4.69) is 16.8 Å². The maximum Gasteiger partial charge on any atom is 0.410 e. The van der Waals surface area contributed by atoms with Crippen LogP contribution in [0.1, 0.15) is 86.5 Å². The molecule has 3 fully saturated rings. The van der Waals surface area contributed by atoms with Gasteiger partial charge in [0.15, 0.2) is 6.10 Å². The number of likely N-dealkylation sites (tertiary alicyclic amines) is 1. The summed E-state index contributed by atoms with van der Waals surface area (Å²) < 4.78 is 23.9. The summed E-state index contributed by atoms with van der Waals surface area (Å²) in [4.78, 5) is 33.3. The molecule has 4 rings (SSSR count). The molecule has 296 valence electrons. The summed E-state index contributed by atoms with van der Waals surface area (Å²) in [5.41, 5.74) is -1.35. The quantitative estimate of drug-likeness (QED) is 0.122. The van der Waals surface area contributed by atoms with Gasteiger partial charge in [-0.2, -0.15) is 0 Å². The number of cyclic esters (lactones) is 1. The zero-order valence-corrected chi connectivity index (χ0v) is 32.9. The monoisotopic (exact) mass is 733 g/mol. The number of allylic oxidation sites excluding steroid dienone is 2. The maximum atomic E-state index is 13.6. The molecular weight excluding hydrogens is 666 g/mol. The molecule has 3 saturated heterocycles. The van der Waals surface area contributed by atoms with Gasteiger partial charge in [0.1, 0.15) is 11.7 Å². The first kappa shape index (κ1) is 42.4. The molecule has 0 aliphatic carbocycles. The van der Waals surface area contributed by atoms with Crippen molar-refractivity contribution < 1.29 is 43.9 Å². The summed E-state index contributed by atoms with van der Waals surface area (Å²) in [6.45, 7) is 16.3. The first-order valence-electron chi connectivity index (χ1n) is 19.5. The Morgan fingerprint density at radius 1 is 1.15 bits per heavy atom. The summed E-state index contributed by atoms with van der Waals surface area (Å²) in [5.74, 6) is -0.836. The number of carbonyl (C=O) groups excluding carboxylic acids is 2. The number of carbonyl (C=O) groups is 2. The molecule has 0 aromatic rings. The van der Waals surface area contributed by atoms with E-state index in [4.69, 9.17) is 18.9 Å². The van der Waals surface area contributed by atoms with Gasteiger partial charge in [-0.15, -0.1) is 0 Å². The molecule has 0 aromatic heterocycles. The molecule has 0 spiro atoms. The van der Waals surface area contributed by atoms with E-state index < -0.39 is 47.7 Å². The number of aliphatic hydroxyl groups excluding tert-OH is 2. The van der Waals surface area contributed by atoms with Gasteiger partial charge in [-0.25, -0.2) is 4.79 Å². The van der Waals surface area contributed by atoms with Crippen molar-refractivity contribution in [3.05, 3.63) is 36.0 Å². The molecule has 12 heteroatoms. The minimum atomic E-state index is -1.15. The van der Waals surface area contributed by atoms with E-state index in [1.54, 1.807) is 31.1 Å². The van der Waals surface area contributed by atoms with Gasteiger partial charge >= 0.3 is 12.1 Å². The Balaban J connectivity index is 1.44. The van der Waals surface area contributed by atoms with Crippen LogP contribution in [0, 0.1) is 11.8 Å². The average molecular weight is 734 g/mol. The van der Waals surface area contributed by atoms with Crippen molar-refractivity contribution in [3.8, 4) is 0 Å². The minimum absolute atomic E-state index is 0.00442. The number of rotatable bonds is 11. The highest BCUT2D eigenvalue weighted by molar-refractivity contribution is 5.70. The molecule has 3 N–H and O–H groups in total. The molecule has 1 amide bonds. The molecule has 4 aliphatic rings. The van der Waals surface area contributed by atoms with Crippen LogP contribution in [0.4, 0.5) is 4.79 Å². The van der Waals surface area contributed by atoms with Gasteiger partial charge < -0.3 is 44.1 Å². The lowest BCUT2D eigenvalue weighted by Crippen LogP contribution is -2.55. The van der Waals surface area contributed by atoms with Gasteiger partial charge in [0.2, 0.25) is 0 Å². The molecule has 52 heavy (non-hydrogen) atoms. The second-order valence-corrected chi connectivity index (χ2v) is 16.2. The molecule has 12 nitrogen and oxygen atoms in total. The SMILES string of the molecule is CCC(O)C(C)C1OC1CC(C)(O)/C=C/C=C(\C)C1OC(=O)CC(O)CCC(C)(OC)C(OC(=O)N2CCN(C3CCN(C)CC3)CC2)/C=C/C1C. The van der Waals surface area contributed by atoms with Crippen molar-refractivity contribution in [1.29, 1.82) is 0 Å². The lowest BCUT2D eigenvalue weighted by Gasteiger charge is -2.42. The van der Waals surface area contributed by atoms with Gasteiger partial charge in [0, 0.05) is 57.6 Å². The highest BCUT2D eigenvalue weighted by atomic mass is 16.6. The average Bonchev–Trinajstić information content (AvgIpc) is 3.88. The van der Waals surface area contributed by atoms with E-state index >= 15 is 0 Å². The number of piperidine rings is 1. The normalized spacial score (nSPS) is 35.2. The largest absolute Gasteiger partial charge is 0.457 e. The maximum absolute atomic E-state index is 13.6. The lowest BCUT2D eigenvalue weighted by molar-refractivity contribution is -0.151. The van der Waals surface area contributed by atoms with Crippen LogP contribution < -0.4 is 0 Å². The van der Waals surface area contributed by atoms with Crippen LogP contribution in [-0.4, -0.2) is 149 Å². The second-order valence-electron chi connectivity index (χ2n) is 16.2. The van der Waals surface area contributed by atoms with Crippen LogP contribution in [0.5, 0.6) is 0 Å². The lowest BCUT2D eigenvalue weighted by atomic mass is 9.88. The van der Waals surface area contributed by atoms with E-state index in [0.29, 0.717) is 38.4 Å². The Morgan fingerprint density at radius 2 is 1.83 bits per heavy atom. The fraction of sp³-hybridized carbons (Fsp3) is 0.800. The number of nitrogens with zero attached hydrogens (tertiary/aromatic N) is 3. The molecule has 10 unspecified atom stereocenters. The van der Waals surface area contributed by atoms with E-state index in [1.807, 2.05) is 52.8 Å². The second kappa shape index (κ2) is 18.8. The van der Waals surface area contributed by atoms with Crippen molar-refractivity contribution in [2.45, 2.75) is 140 Å². The molecule has 4 aliphatic heterocycles. The standard InChI is InChI=1S/C40H67N3O9/c1-9-32(45)29(4)37-33(50-37)26-39(5,48)17-10-11-27(2)36-28(3)12-13-34(40(6,49-8)18-14-31(44)25-35(46)52-36)51-38(47)43-23-21-42(22-24-43)30-15-19-41(7)20-16-30/h10-13,17,28-34,36-37,44-45,48H,9,14-16,18-26H2,1-8H3/b13-12+,17-10+,27-11+. The smallest absolute Gasteiger partial charge is 0.410 e. The molecular formula is C40H67N3O9. The Labute approximate surface area is 311 Å². The van der Waals surface area contributed by atoms with Crippen LogP contribution in [0.15, 0.2) is 36.0 Å². The number of amides is 1. The number of methoxy groups -OCH3 is 1. The van der Waals surface area contributed by atoms with Crippen molar-refractivity contribution >= 4 is 12.1 Å². The Kier molecular flexibility index (Phi) is 15.4. The van der Waals surface area contributed by atoms with Crippen LogP contribution >= 0.6 is 0 Å².